The molecule has 1 heterocycles. The Kier molecular flexibility index (Phi) is 3.95. The first-order valence-electron chi connectivity index (χ1n) is 7.99. The first-order chi connectivity index (χ1) is 9.92. The third-order valence-electron chi connectivity index (χ3n) is 4.67. The zero-order valence-corrected chi connectivity index (χ0v) is 13.2. The molecule has 1 aliphatic carbocycles. The van der Waals surface area contributed by atoms with Gasteiger partial charge in [0, 0.05) is 44.5 Å². The maximum Gasteiger partial charge on any atom is 0.0718 e. The molecule has 1 unspecified atom stereocenters. The van der Waals surface area contributed by atoms with Gasteiger partial charge in [0.05, 0.1) is 5.60 Å². The van der Waals surface area contributed by atoms with E-state index in [0.717, 1.165) is 44.8 Å². The minimum atomic E-state index is -0.598. The predicted molar refractivity (Wildman–Crippen MR) is 86.2 cm³/mol. The molecule has 3 N–H and O–H groups in total. The molecule has 21 heavy (non-hydrogen) atoms. The van der Waals surface area contributed by atoms with Gasteiger partial charge in [-0.15, -0.1) is 0 Å². The minimum Gasteiger partial charge on any atom is -0.399 e. The number of nitrogens with two attached hydrogens (primary N) is 1. The van der Waals surface area contributed by atoms with Crippen LogP contribution >= 0.6 is 0 Å². The van der Waals surface area contributed by atoms with Crippen LogP contribution in [0.25, 0.3) is 0 Å². The van der Waals surface area contributed by atoms with Gasteiger partial charge in [0.15, 0.2) is 0 Å². The van der Waals surface area contributed by atoms with Crippen LogP contribution in [0.2, 0.25) is 0 Å². The summed E-state index contributed by atoms with van der Waals surface area (Å²) in [5, 5.41) is 9.94. The number of β-amino-alcohol motifs (C(OH)–C–C–N with tert-alkyl or cyclic N) is 1. The maximum atomic E-state index is 9.94. The van der Waals surface area contributed by atoms with Gasteiger partial charge in [-0.05, 0) is 49.9 Å². The first kappa shape index (κ1) is 14.8. The summed E-state index contributed by atoms with van der Waals surface area (Å²) in [6.45, 7) is 8.80. The molecule has 4 nitrogen and oxygen atoms in total. The lowest BCUT2D eigenvalue weighted by Gasteiger charge is -2.40. The number of nitrogens with zero attached hydrogens (tertiary/aromatic N) is 2. The van der Waals surface area contributed by atoms with Crippen LogP contribution in [-0.4, -0.2) is 53.2 Å². The van der Waals surface area contributed by atoms with Crippen molar-refractivity contribution >= 4 is 5.69 Å². The van der Waals surface area contributed by atoms with Crippen LogP contribution in [-0.2, 0) is 6.42 Å². The minimum absolute atomic E-state index is 0.560. The average Bonchev–Trinajstić information content (AvgIpc) is 2.80. The van der Waals surface area contributed by atoms with E-state index in [4.69, 9.17) is 5.73 Å². The molecule has 0 saturated carbocycles. The van der Waals surface area contributed by atoms with Gasteiger partial charge in [-0.3, -0.25) is 9.80 Å². The Morgan fingerprint density at radius 3 is 2.62 bits per heavy atom. The molecule has 1 aromatic carbocycles. The lowest BCUT2D eigenvalue weighted by molar-refractivity contribution is 0.0108. The topological polar surface area (TPSA) is 52.7 Å². The highest BCUT2D eigenvalue weighted by atomic mass is 16.3. The van der Waals surface area contributed by atoms with E-state index in [2.05, 4.69) is 21.9 Å². The van der Waals surface area contributed by atoms with E-state index in [-0.39, 0.29) is 0 Å². The molecule has 3 rings (SSSR count). The number of hydrogen-bond acceptors (Lipinski definition) is 4. The molecule has 2 aliphatic rings. The summed E-state index contributed by atoms with van der Waals surface area (Å²) in [4.78, 5) is 4.97. The standard InChI is InChI=1S/C17H27N3O/c1-17(2,21)12-19-7-9-20(10-8-19)16-6-3-13-11-14(18)4-5-15(13)16/h4-5,11,16,21H,3,6-10,12,18H2,1-2H3. The van der Waals surface area contributed by atoms with E-state index in [1.807, 2.05) is 19.9 Å². The van der Waals surface area contributed by atoms with E-state index in [1.54, 1.807) is 0 Å². The lowest BCUT2D eigenvalue weighted by atomic mass is 10.0. The van der Waals surface area contributed by atoms with Crippen molar-refractivity contribution in [3.8, 4) is 0 Å². The zero-order chi connectivity index (χ0) is 15.0. The Hall–Kier alpha value is -1.10. The molecule has 116 valence electrons. The highest BCUT2D eigenvalue weighted by Gasteiger charge is 2.31. The molecular weight excluding hydrogens is 262 g/mol. The van der Waals surface area contributed by atoms with Crippen LogP contribution in [0.3, 0.4) is 0 Å². The SMILES string of the molecule is CC(C)(O)CN1CCN(C2CCc3cc(N)ccc32)CC1. The van der Waals surface area contributed by atoms with Crippen molar-refractivity contribution in [3.63, 3.8) is 0 Å². The summed E-state index contributed by atoms with van der Waals surface area (Å²) in [5.74, 6) is 0. The Bertz CT molecular complexity index is 501. The second kappa shape index (κ2) is 5.59. The number of fused-ring (bicyclic) bond motifs is 1. The van der Waals surface area contributed by atoms with Gasteiger partial charge in [0.25, 0.3) is 0 Å². The van der Waals surface area contributed by atoms with E-state index in [0.29, 0.717) is 6.04 Å². The molecule has 0 radical (unpaired) electrons. The molecule has 1 atom stereocenters. The Labute approximate surface area is 127 Å². The van der Waals surface area contributed by atoms with E-state index >= 15 is 0 Å². The number of nitrogen functional groups attached to an aromatic ring is 1. The summed E-state index contributed by atoms with van der Waals surface area (Å²) >= 11 is 0. The zero-order valence-electron chi connectivity index (χ0n) is 13.2. The van der Waals surface area contributed by atoms with Crippen LogP contribution in [0.5, 0.6) is 0 Å². The van der Waals surface area contributed by atoms with Gasteiger partial charge >= 0.3 is 0 Å². The van der Waals surface area contributed by atoms with Crippen LogP contribution in [0, 0.1) is 0 Å². The Morgan fingerprint density at radius 1 is 1.24 bits per heavy atom. The smallest absolute Gasteiger partial charge is 0.0718 e. The molecule has 4 heteroatoms. The van der Waals surface area contributed by atoms with Crippen molar-refractivity contribution in [2.24, 2.45) is 0 Å². The number of anilines is 1. The third-order valence-corrected chi connectivity index (χ3v) is 4.67. The molecular formula is C17H27N3O. The summed E-state index contributed by atoms with van der Waals surface area (Å²) in [6.07, 6.45) is 2.36. The summed E-state index contributed by atoms with van der Waals surface area (Å²) in [7, 11) is 0. The first-order valence-corrected chi connectivity index (χ1v) is 7.99. The molecule has 0 aromatic heterocycles. The monoisotopic (exact) mass is 289 g/mol. The predicted octanol–water partition coefficient (Wildman–Crippen LogP) is 1.64. The number of aryl methyl sites for hydroxylation is 1. The molecule has 0 bridgehead atoms. The molecule has 0 spiro atoms. The molecule has 1 aromatic rings. The van der Waals surface area contributed by atoms with Gasteiger partial charge in [0.2, 0.25) is 0 Å². The average molecular weight is 289 g/mol. The fourth-order valence-corrected chi connectivity index (χ4v) is 3.77. The van der Waals surface area contributed by atoms with Gasteiger partial charge < -0.3 is 10.8 Å². The van der Waals surface area contributed by atoms with Crippen molar-refractivity contribution in [1.29, 1.82) is 0 Å². The molecule has 1 fully saturated rings. The lowest BCUT2D eigenvalue weighted by Crippen LogP contribution is -2.51. The largest absolute Gasteiger partial charge is 0.399 e. The van der Waals surface area contributed by atoms with E-state index in [1.165, 1.54) is 17.5 Å². The van der Waals surface area contributed by atoms with E-state index < -0.39 is 5.60 Å². The third kappa shape index (κ3) is 3.39. The second-order valence-electron chi connectivity index (χ2n) is 7.14. The van der Waals surface area contributed by atoms with Crippen molar-refractivity contribution in [3.05, 3.63) is 29.3 Å². The van der Waals surface area contributed by atoms with Crippen molar-refractivity contribution < 1.29 is 5.11 Å². The Morgan fingerprint density at radius 2 is 1.95 bits per heavy atom. The highest BCUT2D eigenvalue weighted by molar-refractivity contribution is 5.47. The fourth-order valence-electron chi connectivity index (χ4n) is 3.77. The van der Waals surface area contributed by atoms with Gasteiger partial charge in [-0.2, -0.15) is 0 Å². The quantitative estimate of drug-likeness (QED) is 0.831. The highest BCUT2D eigenvalue weighted by Crippen LogP contribution is 2.37. The van der Waals surface area contributed by atoms with Crippen molar-refractivity contribution in [1.82, 2.24) is 9.80 Å². The van der Waals surface area contributed by atoms with Crippen LogP contribution in [0.1, 0.15) is 37.4 Å². The summed E-state index contributed by atoms with van der Waals surface area (Å²) < 4.78 is 0. The summed E-state index contributed by atoms with van der Waals surface area (Å²) in [6, 6.07) is 6.94. The maximum absolute atomic E-state index is 9.94. The molecule has 1 aliphatic heterocycles. The number of benzene rings is 1. The van der Waals surface area contributed by atoms with Crippen molar-refractivity contribution in [2.45, 2.75) is 38.3 Å². The summed E-state index contributed by atoms with van der Waals surface area (Å²) in [5.41, 5.74) is 9.07. The fraction of sp³-hybridized carbons (Fsp3) is 0.647. The van der Waals surface area contributed by atoms with Crippen LogP contribution < -0.4 is 5.73 Å². The van der Waals surface area contributed by atoms with E-state index in [9.17, 15) is 5.11 Å². The number of aliphatic hydroxyl groups is 1. The number of hydrogen-bond donors (Lipinski definition) is 2. The second-order valence-corrected chi connectivity index (χ2v) is 7.14. The Balaban J connectivity index is 1.62. The van der Waals surface area contributed by atoms with Gasteiger partial charge in [-0.25, -0.2) is 0 Å². The molecule has 1 saturated heterocycles. The normalized spacial score (nSPS) is 24.2. The van der Waals surface area contributed by atoms with Crippen molar-refractivity contribution in [2.75, 3.05) is 38.5 Å². The van der Waals surface area contributed by atoms with Crippen LogP contribution in [0.4, 0.5) is 5.69 Å². The van der Waals surface area contributed by atoms with Gasteiger partial charge in [0.1, 0.15) is 0 Å². The number of rotatable bonds is 3. The van der Waals surface area contributed by atoms with Crippen LogP contribution in [0.15, 0.2) is 18.2 Å². The van der Waals surface area contributed by atoms with Gasteiger partial charge in [-0.1, -0.05) is 6.07 Å². The number of piperazine rings is 1. The molecule has 0 amide bonds.